The van der Waals surface area contributed by atoms with E-state index < -0.39 is 0 Å². The second kappa shape index (κ2) is 7.28. The second-order valence-electron chi connectivity index (χ2n) is 7.44. The number of hydrogen-bond acceptors (Lipinski definition) is 3. The van der Waals surface area contributed by atoms with Crippen LogP contribution in [-0.2, 0) is 4.74 Å². The van der Waals surface area contributed by atoms with Crippen LogP contribution in [0.2, 0.25) is 5.82 Å². The van der Waals surface area contributed by atoms with E-state index in [0.29, 0.717) is 24.2 Å². The first-order chi connectivity index (χ1) is 9.49. The van der Waals surface area contributed by atoms with Crippen LogP contribution < -0.4 is 5.32 Å². The van der Waals surface area contributed by atoms with E-state index in [2.05, 4.69) is 45.8 Å². The van der Waals surface area contributed by atoms with Crippen LogP contribution in [0.25, 0.3) is 0 Å². The SMILES string of the molecule is BC1CCCCCC2C(C1)OC(NC(C)C)N2C(C)C. The molecule has 2 rings (SSSR count). The van der Waals surface area contributed by atoms with Crippen LogP contribution in [0, 0.1) is 0 Å². The lowest BCUT2D eigenvalue weighted by Crippen LogP contribution is -2.51. The van der Waals surface area contributed by atoms with Crippen molar-refractivity contribution in [3.63, 3.8) is 0 Å². The normalized spacial score (nSPS) is 36.7. The van der Waals surface area contributed by atoms with Crippen molar-refractivity contribution < 1.29 is 4.74 Å². The number of nitrogens with one attached hydrogen (secondary N) is 1. The minimum atomic E-state index is 0.108. The second-order valence-corrected chi connectivity index (χ2v) is 7.44. The smallest absolute Gasteiger partial charge is 0.167 e. The molecule has 4 heteroatoms. The summed E-state index contributed by atoms with van der Waals surface area (Å²) in [6.45, 7) is 9.01. The molecule has 1 saturated heterocycles. The molecule has 3 nitrogen and oxygen atoms in total. The minimum absolute atomic E-state index is 0.108. The summed E-state index contributed by atoms with van der Waals surface area (Å²) in [6, 6.07) is 1.61. The Kier molecular flexibility index (Phi) is 5.94. The Morgan fingerprint density at radius 1 is 1.10 bits per heavy atom. The minimum Gasteiger partial charge on any atom is -0.345 e. The third kappa shape index (κ3) is 3.99. The molecule has 2 aliphatic rings. The van der Waals surface area contributed by atoms with Gasteiger partial charge in [-0.1, -0.05) is 31.5 Å². The van der Waals surface area contributed by atoms with Gasteiger partial charge in [0.2, 0.25) is 0 Å². The molecule has 1 aliphatic carbocycles. The molecule has 4 atom stereocenters. The molecule has 20 heavy (non-hydrogen) atoms. The van der Waals surface area contributed by atoms with E-state index in [-0.39, 0.29) is 6.35 Å². The number of nitrogens with zero attached hydrogens (tertiary/aromatic N) is 1. The van der Waals surface area contributed by atoms with Gasteiger partial charge in [0.15, 0.2) is 6.35 Å². The highest BCUT2D eigenvalue weighted by atomic mass is 16.5. The van der Waals surface area contributed by atoms with Crippen molar-refractivity contribution in [1.82, 2.24) is 10.2 Å². The summed E-state index contributed by atoms with van der Waals surface area (Å²) in [7, 11) is 2.40. The van der Waals surface area contributed by atoms with Gasteiger partial charge in [-0.15, -0.1) is 0 Å². The first-order valence-electron chi connectivity index (χ1n) is 8.68. The average Bonchev–Trinajstić information content (AvgIpc) is 2.67. The van der Waals surface area contributed by atoms with Crippen LogP contribution in [0.3, 0.4) is 0 Å². The maximum Gasteiger partial charge on any atom is 0.167 e. The highest BCUT2D eigenvalue weighted by Crippen LogP contribution is 2.35. The fourth-order valence-corrected chi connectivity index (χ4v) is 3.84. The zero-order valence-electron chi connectivity index (χ0n) is 14.1. The van der Waals surface area contributed by atoms with Crippen molar-refractivity contribution in [3.8, 4) is 0 Å². The Labute approximate surface area is 126 Å². The van der Waals surface area contributed by atoms with E-state index in [9.17, 15) is 0 Å². The van der Waals surface area contributed by atoms with Crippen LogP contribution in [0.15, 0.2) is 0 Å². The van der Waals surface area contributed by atoms with Crippen LogP contribution >= 0.6 is 0 Å². The molecule has 0 amide bonds. The predicted octanol–water partition coefficient (Wildman–Crippen LogP) is 2.52. The van der Waals surface area contributed by atoms with E-state index >= 15 is 0 Å². The van der Waals surface area contributed by atoms with Gasteiger partial charge >= 0.3 is 0 Å². The van der Waals surface area contributed by atoms with Gasteiger partial charge in [-0.3, -0.25) is 10.2 Å². The highest BCUT2D eigenvalue weighted by molar-refractivity contribution is 6.11. The van der Waals surface area contributed by atoms with Gasteiger partial charge in [-0.2, -0.15) is 0 Å². The van der Waals surface area contributed by atoms with Gasteiger partial charge in [0.05, 0.1) is 6.10 Å². The summed E-state index contributed by atoms with van der Waals surface area (Å²) in [6.07, 6.45) is 8.57. The first kappa shape index (κ1) is 16.3. The lowest BCUT2D eigenvalue weighted by Gasteiger charge is -2.33. The Bertz CT molecular complexity index is 298. The molecule has 0 aromatic carbocycles. The third-order valence-electron chi connectivity index (χ3n) is 4.79. The maximum atomic E-state index is 6.43. The fraction of sp³-hybridized carbons (Fsp3) is 1.00. The van der Waals surface area contributed by atoms with Crippen molar-refractivity contribution >= 4 is 7.85 Å². The summed E-state index contributed by atoms with van der Waals surface area (Å²) in [4.78, 5) is 2.59. The van der Waals surface area contributed by atoms with E-state index in [4.69, 9.17) is 4.74 Å². The topological polar surface area (TPSA) is 24.5 Å². The van der Waals surface area contributed by atoms with Crippen molar-refractivity contribution in [2.45, 2.75) is 103 Å². The summed E-state index contributed by atoms with van der Waals surface area (Å²) >= 11 is 0. The molecule has 0 spiro atoms. The molecule has 1 N–H and O–H groups in total. The lowest BCUT2D eigenvalue weighted by molar-refractivity contribution is -0.0401. The Morgan fingerprint density at radius 3 is 2.45 bits per heavy atom. The van der Waals surface area contributed by atoms with Gasteiger partial charge in [-0.05, 0) is 40.5 Å². The first-order valence-corrected chi connectivity index (χ1v) is 8.68. The fourth-order valence-electron chi connectivity index (χ4n) is 3.84. The Hall–Kier alpha value is -0.0551. The van der Waals surface area contributed by atoms with Gasteiger partial charge < -0.3 is 4.74 Å². The van der Waals surface area contributed by atoms with E-state index in [1.807, 2.05) is 0 Å². The number of hydrogen-bond donors (Lipinski definition) is 1. The Morgan fingerprint density at radius 2 is 1.80 bits per heavy atom. The molecule has 0 bridgehead atoms. The van der Waals surface area contributed by atoms with Crippen molar-refractivity contribution in [2.24, 2.45) is 0 Å². The zero-order chi connectivity index (χ0) is 14.7. The quantitative estimate of drug-likeness (QED) is 0.804. The Balaban J connectivity index is 2.12. The zero-order valence-corrected chi connectivity index (χ0v) is 14.1. The molecule has 0 aromatic rings. The largest absolute Gasteiger partial charge is 0.345 e. The summed E-state index contributed by atoms with van der Waals surface area (Å²) in [5.74, 6) is 0.799. The van der Waals surface area contributed by atoms with Crippen LogP contribution in [-0.4, -0.2) is 43.3 Å². The van der Waals surface area contributed by atoms with Crippen LogP contribution in [0.1, 0.15) is 66.2 Å². The molecular formula is C16H33BN2O. The average molecular weight is 280 g/mol. The van der Waals surface area contributed by atoms with Gasteiger partial charge in [-0.25, -0.2) is 0 Å². The van der Waals surface area contributed by atoms with Gasteiger partial charge in [0.25, 0.3) is 0 Å². The van der Waals surface area contributed by atoms with Gasteiger partial charge in [0.1, 0.15) is 7.85 Å². The van der Waals surface area contributed by atoms with E-state index in [1.165, 1.54) is 38.5 Å². The maximum absolute atomic E-state index is 6.43. The van der Waals surface area contributed by atoms with E-state index in [0.717, 1.165) is 5.82 Å². The van der Waals surface area contributed by atoms with E-state index in [1.54, 1.807) is 0 Å². The van der Waals surface area contributed by atoms with Crippen LogP contribution in [0.5, 0.6) is 0 Å². The lowest BCUT2D eigenvalue weighted by atomic mass is 9.78. The summed E-state index contributed by atoms with van der Waals surface area (Å²) < 4.78 is 6.43. The molecular weight excluding hydrogens is 247 g/mol. The molecule has 0 radical (unpaired) electrons. The molecule has 0 aromatic heterocycles. The van der Waals surface area contributed by atoms with Crippen LogP contribution in [0.4, 0.5) is 0 Å². The molecule has 1 heterocycles. The monoisotopic (exact) mass is 280 g/mol. The number of ether oxygens (including phenoxy) is 1. The van der Waals surface area contributed by atoms with Crippen molar-refractivity contribution in [3.05, 3.63) is 0 Å². The van der Waals surface area contributed by atoms with Crippen molar-refractivity contribution in [1.29, 1.82) is 0 Å². The highest BCUT2D eigenvalue weighted by Gasteiger charge is 2.43. The molecule has 116 valence electrons. The number of fused-ring (bicyclic) bond motifs is 1. The predicted molar refractivity (Wildman–Crippen MR) is 87.7 cm³/mol. The van der Waals surface area contributed by atoms with Gasteiger partial charge in [0, 0.05) is 18.1 Å². The third-order valence-corrected chi connectivity index (χ3v) is 4.79. The summed E-state index contributed by atoms with van der Waals surface area (Å²) in [5, 5.41) is 3.60. The van der Waals surface area contributed by atoms with Crippen molar-refractivity contribution in [2.75, 3.05) is 0 Å². The molecule has 1 aliphatic heterocycles. The summed E-state index contributed by atoms with van der Waals surface area (Å²) in [5.41, 5.74) is 0. The number of rotatable bonds is 3. The molecule has 1 saturated carbocycles. The standard InChI is InChI=1S/C16H33BN2O/c1-11(2)18-16-19(12(3)4)14-9-7-5-6-8-13(17)10-15(14)20-16/h11-16,18H,5-10,17H2,1-4H3. The molecule has 2 fully saturated rings. The molecule has 4 unspecified atom stereocenters.